The van der Waals surface area contributed by atoms with Crippen molar-refractivity contribution < 1.29 is 4.85 Å². The van der Waals surface area contributed by atoms with E-state index >= 15 is 0 Å². The minimum absolute atomic E-state index is 0.491. The first-order valence-electron chi connectivity index (χ1n) is 2.00. The molecule has 8 heavy (non-hydrogen) atoms. The van der Waals surface area contributed by atoms with Crippen LogP contribution in [0.1, 0.15) is 0 Å². The predicted octanol–water partition coefficient (Wildman–Crippen LogP) is 0.478. The van der Waals surface area contributed by atoms with Gasteiger partial charge in [0.25, 0.3) is 0 Å². The van der Waals surface area contributed by atoms with Crippen LogP contribution in [-0.2, 0) is 0 Å². The van der Waals surface area contributed by atoms with Crippen LogP contribution in [-0.4, -0.2) is 5.10 Å². The molecule has 0 unspecified atom stereocenters. The van der Waals surface area contributed by atoms with Gasteiger partial charge in [-0.25, -0.2) is 0 Å². The number of hydrogen-bond donors (Lipinski definition) is 0. The molecule has 0 aliphatic rings. The molecule has 1 heterocycles. The Morgan fingerprint density at radius 3 is 2.88 bits per heavy atom. The Kier molecular flexibility index (Phi) is 1.43. The molecule has 1 aromatic rings. The second-order valence-corrected chi connectivity index (χ2v) is 2.16. The van der Waals surface area contributed by atoms with Gasteiger partial charge in [-0.3, -0.25) is 0 Å². The van der Waals surface area contributed by atoms with Crippen molar-refractivity contribution >= 4 is 15.9 Å². The Bertz CT molecular complexity index is 153. The van der Waals surface area contributed by atoms with Crippen LogP contribution < -0.4 is 4.85 Å². The lowest BCUT2D eigenvalue weighted by Crippen LogP contribution is -2.29. The molecule has 0 aromatic carbocycles. The largest absolute Gasteiger partial charge is 0.594 e. The monoisotopic (exact) mass is 174 g/mol. The first-order valence-corrected chi connectivity index (χ1v) is 2.79. The Balaban J connectivity index is 3.03. The molecule has 1 rings (SSSR count). The van der Waals surface area contributed by atoms with E-state index in [2.05, 4.69) is 21.0 Å². The summed E-state index contributed by atoms with van der Waals surface area (Å²) in [5.74, 6) is 0. The highest BCUT2D eigenvalue weighted by Crippen LogP contribution is 2.01. The minimum atomic E-state index is 0.491. The van der Waals surface area contributed by atoms with E-state index in [9.17, 15) is 5.21 Å². The maximum absolute atomic E-state index is 10.2. The fraction of sp³-hybridized carbons (Fsp3) is 0. The van der Waals surface area contributed by atoms with E-state index in [1.54, 1.807) is 6.07 Å². The summed E-state index contributed by atoms with van der Waals surface area (Å²) in [6.45, 7) is 0. The summed E-state index contributed by atoms with van der Waals surface area (Å²) < 4.78 is 0.810. The van der Waals surface area contributed by atoms with Crippen molar-refractivity contribution in [1.82, 2.24) is 5.10 Å². The lowest BCUT2D eigenvalue weighted by atomic mass is 10.6. The van der Waals surface area contributed by atoms with Gasteiger partial charge in [0, 0.05) is 15.6 Å². The molecule has 4 heteroatoms. The van der Waals surface area contributed by atoms with Crippen LogP contribution in [0.25, 0.3) is 0 Å². The van der Waals surface area contributed by atoms with E-state index in [4.69, 9.17) is 0 Å². The molecular weight excluding hydrogens is 172 g/mol. The van der Waals surface area contributed by atoms with Gasteiger partial charge in [-0.15, -0.1) is 0 Å². The zero-order chi connectivity index (χ0) is 5.98. The van der Waals surface area contributed by atoms with Gasteiger partial charge in [0.1, 0.15) is 6.20 Å². The average Bonchev–Trinajstić information content (AvgIpc) is 1.77. The van der Waals surface area contributed by atoms with Crippen molar-refractivity contribution in [2.45, 2.75) is 0 Å². The molecule has 42 valence electrons. The van der Waals surface area contributed by atoms with Crippen LogP contribution in [0.5, 0.6) is 0 Å². The molecule has 0 radical (unpaired) electrons. The lowest BCUT2D eigenvalue weighted by Gasteiger charge is -1.87. The summed E-state index contributed by atoms with van der Waals surface area (Å²) in [6.07, 6.45) is 2.76. The van der Waals surface area contributed by atoms with Crippen LogP contribution in [0.4, 0.5) is 0 Å². The van der Waals surface area contributed by atoms with Gasteiger partial charge >= 0.3 is 0 Å². The molecule has 0 atom stereocenters. The van der Waals surface area contributed by atoms with Gasteiger partial charge < -0.3 is 5.21 Å². The molecule has 3 nitrogen and oxygen atoms in total. The summed E-state index contributed by atoms with van der Waals surface area (Å²) in [6, 6.07) is 1.62. The lowest BCUT2D eigenvalue weighted by molar-refractivity contribution is -0.669. The van der Waals surface area contributed by atoms with Gasteiger partial charge in [-0.05, 0) is 15.9 Å². The van der Waals surface area contributed by atoms with E-state index in [0.717, 1.165) is 4.47 Å². The van der Waals surface area contributed by atoms with E-state index in [0.29, 0.717) is 4.85 Å². The summed E-state index contributed by atoms with van der Waals surface area (Å²) in [4.78, 5) is 0.491. The molecule has 0 fully saturated rings. The van der Waals surface area contributed by atoms with Crippen molar-refractivity contribution in [3.8, 4) is 0 Å². The van der Waals surface area contributed by atoms with Gasteiger partial charge in [-0.1, -0.05) is 4.85 Å². The number of aromatic nitrogens is 2. The molecule has 0 N–H and O–H groups in total. The molecule has 0 aliphatic carbocycles. The molecule has 0 saturated carbocycles. The molecule has 0 spiro atoms. The third kappa shape index (κ3) is 1.16. The number of halogens is 1. The third-order valence-corrected chi connectivity index (χ3v) is 1.13. The SMILES string of the molecule is [O-][n+]1ccc(Br)cn1. The van der Waals surface area contributed by atoms with Gasteiger partial charge in [0.2, 0.25) is 6.20 Å². The average molecular weight is 175 g/mol. The van der Waals surface area contributed by atoms with Gasteiger partial charge in [0.05, 0.1) is 0 Å². The fourth-order valence-corrected chi connectivity index (χ4v) is 0.538. The van der Waals surface area contributed by atoms with E-state index in [-0.39, 0.29) is 0 Å². The van der Waals surface area contributed by atoms with Crippen LogP contribution in [0, 0.1) is 5.21 Å². The second-order valence-electron chi connectivity index (χ2n) is 1.25. The zero-order valence-electron chi connectivity index (χ0n) is 3.91. The van der Waals surface area contributed by atoms with Crippen molar-refractivity contribution in [3.63, 3.8) is 0 Å². The standard InChI is InChI=1S/C4H3BrN2O/c5-4-1-2-7(8)6-3-4/h1-3H. The predicted molar refractivity (Wildman–Crippen MR) is 30.9 cm³/mol. The van der Waals surface area contributed by atoms with Crippen LogP contribution in [0.2, 0.25) is 0 Å². The van der Waals surface area contributed by atoms with Crippen LogP contribution in [0.3, 0.4) is 0 Å². The Hall–Kier alpha value is -0.640. The molecular formula is C4H3BrN2O. The number of hydrogen-bond acceptors (Lipinski definition) is 2. The Morgan fingerprint density at radius 2 is 2.50 bits per heavy atom. The fourth-order valence-electron chi connectivity index (χ4n) is 0.329. The summed E-state index contributed by atoms with van der Waals surface area (Å²) in [5.41, 5.74) is 0. The molecule has 0 bridgehead atoms. The molecule has 0 saturated heterocycles. The summed E-state index contributed by atoms with van der Waals surface area (Å²) >= 11 is 3.13. The normalized spacial score (nSPS) is 9.12. The summed E-state index contributed by atoms with van der Waals surface area (Å²) in [5, 5.41) is 13.6. The minimum Gasteiger partial charge on any atom is -0.594 e. The maximum Gasteiger partial charge on any atom is 0.211 e. The quantitative estimate of drug-likeness (QED) is 0.424. The van der Waals surface area contributed by atoms with E-state index < -0.39 is 0 Å². The second kappa shape index (κ2) is 2.09. The zero-order valence-corrected chi connectivity index (χ0v) is 5.50. The van der Waals surface area contributed by atoms with Crippen LogP contribution in [0.15, 0.2) is 22.9 Å². The number of nitrogens with zero attached hydrogens (tertiary/aromatic N) is 2. The van der Waals surface area contributed by atoms with E-state index in [1.165, 1.54) is 12.4 Å². The van der Waals surface area contributed by atoms with E-state index in [1.807, 2.05) is 0 Å². The third-order valence-electron chi connectivity index (χ3n) is 0.656. The van der Waals surface area contributed by atoms with Crippen molar-refractivity contribution in [2.75, 3.05) is 0 Å². The molecule has 0 aliphatic heterocycles. The first kappa shape index (κ1) is 5.50. The topological polar surface area (TPSA) is 39.8 Å². The van der Waals surface area contributed by atoms with Crippen LogP contribution >= 0.6 is 15.9 Å². The van der Waals surface area contributed by atoms with Crippen molar-refractivity contribution in [1.29, 1.82) is 0 Å². The highest BCUT2D eigenvalue weighted by atomic mass is 79.9. The van der Waals surface area contributed by atoms with Crippen molar-refractivity contribution in [3.05, 3.63) is 28.1 Å². The highest BCUT2D eigenvalue weighted by Gasteiger charge is 1.87. The first-order chi connectivity index (χ1) is 3.79. The number of rotatable bonds is 0. The van der Waals surface area contributed by atoms with Crippen molar-refractivity contribution in [2.24, 2.45) is 0 Å². The van der Waals surface area contributed by atoms with Gasteiger partial charge in [-0.2, -0.15) is 0 Å². The highest BCUT2D eigenvalue weighted by molar-refractivity contribution is 9.10. The van der Waals surface area contributed by atoms with Gasteiger partial charge in [0.15, 0.2) is 0 Å². The maximum atomic E-state index is 10.2. The summed E-state index contributed by atoms with van der Waals surface area (Å²) in [7, 11) is 0. The smallest absolute Gasteiger partial charge is 0.211 e. The molecule has 1 aromatic heterocycles. The Morgan fingerprint density at radius 1 is 1.75 bits per heavy atom. The Labute approximate surface area is 54.7 Å². The molecule has 0 amide bonds.